The number of benzene rings is 2. The highest BCUT2D eigenvalue weighted by Gasteiger charge is 2.11. The summed E-state index contributed by atoms with van der Waals surface area (Å²) in [5.74, 6) is -0.464. The van der Waals surface area contributed by atoms with Crippen molar-refractivity contribution in [3.05, 3.63) is 47.8 Å². The monoisotopic (exact) mass is 274 g/mol. The Morgan fingerprint density at radius 3 is 2.55 bits per heavy atom. The predicted octanol–water partition coefficient (Wildman–Crippen LogP) is 2.84. The van der Waals surface area contributed by atoms with Crippen molar-refractivity contribution in [2.24, 2.45) is 5.73 Å². The highest BCUT2D eigenvalue weighted by molar-refractivity contribution is 6.07. The van der Waals surface area contributed by atoms with Crippen molar-refractivity contribution in [2.45, 2.75) is 19.3 Å². The lowest BCUT2D eigenvalue weighted by atomic mass is 10.0. The van der Waals surface area contributed by atoms with E-state index < -0.39 is 0 Å². The second kappa shape index (κ2) is 7.01. The number of carbonyl (C=O) groups excluding carboxylic acids is 1. The number of nitrogens with two attached hydrogens (primary N) is 1. The highest BCUT2D eigenvalue weighted by Crippen LogP contribution is 2.21. The number of hydrogen-bond acceptors (Lipinski definition) is 2. The molecular weight excluding hydrogens is 255 g/mol. The molecule has 2 aromatic carbocycles. The SMILES string of the molecule is NCCCCCNC(=O)c1ccc(F)c2ccccc12. The van der Waals surface area contributed by atoms with Crippen LogP contribution in [0.4, 0.5) is 4.39 Å². The number of amides is 1. The smallest absolute Gasteiger partial charge is 0.251 e. The van der Waals surface area contributed by atoms with E-state index in [4.69, 9.17) is 5.73 Å². The second-order valence-electron chi connectivity index (χ2n) is 4.75. The molecule has 3 N–H and O–H groups in total. The van der Waals surface area contributed by atoms with Gasteiger partial charge < -0.3 is 11.1 Å². The Morgan fingerprint density at radius 2 is 1.80 bits per heavy atom. The Bertz CT molecular complexity index is 598. The van der Waals surface area contributed by atoms with Crippen LogP contribution in [-0.2, 0) is 0 Å². The molecule has 20 heavy (non-hydrogen) atoms. The Labute approximate surface area is 118 Å². The zero-order valence-corrected chi connectivity index (χ0v) is 11.4. The van der Waals surface area contributed by atoms with E-state index >= 15 is 0 Å². The Kier molecular flexibility index (Phi) is 5.07. The first-order valence-corrected chi connectivity index (χ1v) is 6.89. The fraction of sp³-hybridized carbons (Fsp3) is 0.312. The van der Waals surface area contributed by atoms with Crippen LogP contribution in [0.2, 0.25) is 0 Å². The van der Waals surface area contributed by atoms with Gasteiger partial charge in [0.2, 0.25) is 0 Å². The highest BCUT2D eigenvalue weighted by atomic mass is 19.1. The van der Waals surface area contributed by atoms with Crippen LogP contribution in [0.15, 0.2) is 36.4 Å². The van der Waals surface area contributed by atoms with E-state index in [2.05, 4.69) is 5.32 Å². The third-order valence-corrected chi connectivity index (χ3v) is 3.28. The number of unbranched alkanes of at least 4 members (excludes halogenated alkanes) is 2. The maximum Gasteiger partial charge on any atom is 0.251 e. The average molecular weight is 274 g/mol. The molecule has 0 atom stereocenters. The molecule has 106 valence electrons. The van der Waals surface area contributed by atoms with Crippen molar-refractivity contribution in [3.63, 3.8) is 0 Å². The lowest BCUT2D eigenvalue weighted by Crippen LogP contribution is -2.24. The van der Waals surface area contributed by atoms with E-state index in [1.165, 1.54) is 12.1 Å². The van der Waals surface area contributed by atoms with E-state index in [9.17, 15) is 9.18 Å². The van der Waals surface area contributed by atoms with Gasteiger partial charge in [0, 0.05) is 17.5 Å². The Balaban J connectivity index is 2.09. The Morgan fingerprint density at radius 1 is 1.05 bits per heavy atom. The topological polar surface area (TPSA) is 55.1 Å². The van der Waals surface area contributed by atoms with E-state index in [1.807, 2.05) is 0 Å². The molecule has 4 heteroatoms. The minimum Gasteiger partial charge on any atom is -0.352 e. The number of carbonyl (C=O) groups is 1. The third kappa shape index (κ3) is 3.33. The number of hydrogen-bond donors (Lipinski definition) is 2. The average Bonchev–Trinajstić information content (AvgIpc) is 2.47. The van der Waals surface area contributed by atoms with Gasteiger partial charge >= 0.3 is 0 Å². The normalized spacial score (nSPS) is 10.7. The molecule has 0 unspecified atom stereocenters. The van der Waals surface area contributed by atoms with Crippen molar-refractivity contribution in [1.29, 1.82) is 0 Å². The molecule has 0 bridgehead atoms. The zero-order chi connectivity index (χ0) is 14.4. The third-order valence-electron chi connectivity index (χ3n) is 3.28. The van der Waals surface area contributed by atoms with Crippen molar-refractivity contribution < 1.29 is 9.18 Å². The van der Waals surface area contributed by atoms with E-state index in [0.29, 0.717) is 29.4 Å². The van der Waals surface area contributed by atoms with Crippen LogP contribution in [0.5, 0.6) is 0 Å². The first-order chi connectivity index (χ1) is 9.74. The molecule has 2 rings (SSSR count). The molecule has 0 aliphatic heterocycles. The van der Waals surface area contributed by atoms with Crippen molar-refractivity contribution in [2.75, 3.05) is 13.1 Å². The molecule has 0 heterocycles. The number of halogens is 1. The zero-order valence-electron chi connectivity index (χ0n) is 11.4. The standard InChI is InChI=1S/C16H19FN2O/c17-15-9-8-14(12-6-2-3-7-13(12)15)16(20)19-11-5-1-4-10-18/h2-3,6-9H,1,4-5,10-11,18H2,(H,19,20). The molecular formula is C16H19FN2O. The summed E-state index contributed by atoms with van der Waals surface area (Å²) in [7, 11) is 0. The molecule has 0 spiro atoms. The van der Waals surface area contributed by atoms with Crippen LogP contribution in [-0.4, -0.2) is 19.0 Å². The van der Waals surface area contributed by atoms with Gasteiger partial charge in [-0.15, -0.1) is 0 Å². The molecule has 0 saturated heterocycles. The molecule has 0 aliphatic rings. The van der Waals surface area contributed by atoms with E-state index in [-0.39, 0.29) is 11.7 Å². The van der Waals surface area contributed by atoms with Crippen molar-refractivity contribution >= 4 is 16.7 Å². The summed E-state index contributed by atoms with van der Waals surface area (Å²) in [6.07, 6.45) is 2.87. The number of nitrogens with one attached hydrogen (secondary N) is 1. The maximum atomic E-state index is 13.7. The van der Waals surface area contributed by atoms with Crippen LogP contribution in [0.3, 0.4) is 0 Å². The number of rotatable bonds is 6. The lowest BCUT2D eigenvalue weighted by Gasteiger charge is -2.08. The number of fused-ring (bicyclic) bond motifs is 1. The molecule has 0 aliphatic carbocycles. The van der Waals surface area contributed by atoms with Gasteiger partial charge in [0.15, 0.2) is 0 Å². The summed E-state index contributed by atoms with van der Waals surface area (Å²) in [6.45, 7) is 1.29. The van der Waals surface area contributed by atoms with Gasteiger partial charge in [0.1, 0.15) is 5.82 Å². The van der Waals surface area contributed by atoms with Gasteiger partial charge in [-0.05, 0) is 36.9 Å². The molecule has 0 saturated carbocycles. The summed E-state index contributed by atoms with van der Waals surface area (Å²) in [5, 5.41) is 3.99. The summed E-state index contributed by atoms with van der Waals surface area (Å²) in [5.41, 5.74) is 5.93. The fourth-order valence-electron chi connectivity index (χ4n) is 2.20. The molecule has 1 amide bonds. The molecule has 0 fully saturated rings. The summed E-state index contributed by atoms with van der Waals surface area (Å²) >= 11 is 0. The minimum atomic E-state index is -0.305. The van der Waals surface area contributed by atoms with Crippen LogP contribution in [0.25, 0.3) is 10.8 Å². The van der Waals surface area contributed by atoms with Gasteiger partial charge in [-0.2, -0.15) is 0 Å². The second-order valence-corrected chi connectivity index (χ2v) is 4.75. The first kappa shape index (κ1) is 14.5. The largest absolute Gasteiger partial charge is 0.352 e. The first-order valence-electron chi connectivity index (χ1n) is 6.89. The van der Waals surface area contributed by atoms with Crippen LogP contribution in [0, 0.1) is 5.82 Å². The van der Waals surface area contributed by atoms with Gasteiger partial charge in [-0.25, -0.2) is 4.39 Å². The van der Waals surface area contributed by atoms with E-state index in [1.54, 1.807) is 24.3 Å². The van der Waals surface area contributed by atoms with Gasteiger partial charge in [-0.1, -0.05) is 30.7 Å². The van der Waals surface area contributed by atoms with Crippen LogP contribution >= 0.6 is 0 Å². The van der Waals surface area contributed by atoms with Gasteiger partial charge in [0.05, 0.1) is 0 Å². The van der Waals surface area contributed by atoms with Crippen molar-refractivity contribution in [1.82, 2.24) is 5.32 Å². The van der Waals surface area contributed by atoms with E-state index in [0.717, 1.165) is 19.3 Å². The maximum absolute atomic E-state index is 13.7. The predicted molar refractivity (Wildman–Crippen MR) is 79.1 cm³/mol. The van der Waals surface area contributed by atoms with Crippen molar-refractivity contribution in [3.8, 4) is 0 Å². The molecule has 0 aromatic heterocycles. The Hall–Kier alpha value is -1.94. The van der Waals surface area contributed by atoms with Gasteiger partial charge in [-0.3, -0.25) is 4.79 Å². The summed E-state index contributed by atoms with van der Waals surface area (Å²) < 4.78 is 13.7. The minimum absolute atomic E-state index is 0.158. The fourth-order valence-corrected chi connectivity index (χ4v) is 2.20. The summed E-state index contributed by atoms with van der Waals surface area (Å²) in [4.78, 5) is 12.1. The molecule has 0 radical (unpaired) electrons. The lowest BCUT2D eigenvalue weighted by molar-refractivity contribution is 0.0954. The van der Waals surface area contributed by atoms with Crippen LogP contribution in [0.1, 0.15) is 29.6 Å². The molecule has 2 aromatic rings. The quantitative estimate of drug-likeness (QED) is 0.796. The van der Waals surface area contributed by atoms with Crippen LogP contribution < -0.4 is 11.1 Å². The summed E-state index contributed by atoms with van der Waals surface area (Å²) in [6, 6.07) is 9.89. The van der Waals surface area contributed by atoms with Gasteiger partial charge in [0.25, 0.3) is 5.91 Å². The molecule has 3 nitrogen and oxygen atoms in total.